The van der Waals surface area contributed by atoms with Gasteiger partial charge in [0.25, 0.3) is 6.47 Å². The van der Waals surface area contributed by atoms with E-state index in [4.69, 9.17) is 4.52 Å². The molecule has 8 heteroatoms. The van der Waals surface area contributed by atoms with Gasteiger partial charge in [-0.25, -0.2) is 4.39 Å². The minimum atomic E-state index is -4.75. The number of carbonyl (C=O) groups excluding carboxylic acids is 1. The first-order valence-electron chi connectivity index (χ1n) is 6.22. The van der Waals surface area contributed by atoms with Crippen LogP contribution in [0, 0.1) is 12.7 Å². The molecule has 0 unspecified atom stereocenters. The van der Waals surface area contributed by atoms with Gasteiger partial charge in [0.1, 0.15) is 5.82 Å². The van der Waals surface area contributed by atoms with E-state index in [2.05, 4.69) is 9.89 Å². The van der Waals surface area contributed by atoms with Gasteiger partial charge in [0.05, 0.1) is 17.9 Å². The topological polar surface area (TPSA) is 52.3 Å². The van der Waals surface area contributed by atoms with E-state index in [9.17, 15) is 22.4 Å². The fraction of sp³-hybridized carbons (Fsp3) is 0.286. The maximum absolute atomic E-state index is 13.6. The number of carbonyl (C=O) groups is 1. The summed E-state index contributed by atoms with van der Waals surface area (Å²) in [7, 11) is 0. The van der Waals surface area contributed by atoms with Crippen molar-refractivity contribution in [2.45, 2.75) is 19.5 Å². The van der Waals surface area contributed by atoms with E-state index in [1.54, 1.807) is 6.92 Å². The summed E-state index contributed by atoms with van der Waals surface area (Å²) in [5.74, 6) is -1.21. The molecule has 1 heterocycles. The summed E-state index contributed by atoms with van der Waals surface area (Å²) >= 11 is 0. The molecule has 2 rings (SSSR count). The standard InChI is InChI=1S/C14H11F4NO3/c1-8-12(4-5-21-7-20)19-22-13(8)9-2-3-10(11(15)6-9)14(16,17)18/h2-3,6-7H,4-5H2,1H3. The summed E-state index contributed by atoms with van der Waals surface area (Å²) in [5, 5.41) is 3.75. The van der Waals surface area contributed by atoms with E-state index >= 15 is 0 Å². The first-order valence-corrected chi connectivity index (χ1v) is 6.22. The van der Waals surface area contributed by atoms with Crippen LogP contribution in [-0.4, -0.2) is 18.2 Å². The van der Waals surface area contributed by atoms with Crippen molar-refractivity contribution in [1.29, 1.82) is 0 Å². The van der Waals surface area contributed by atoms with Gasteiger partial charge in [-0.2, -0.15) is 13.2 Å². The SMILES string of the molecule is Cc1c(CCOC=O)noc1-c1ccc(C(F)(F)F)c(F)c1. The Hall–Kier alpha value is -2.38. The number of alkyl halides is 3. The fourth-order valence-corrected chi connectivity index (χ4v) is 1.96. The highest BCUT2D eigenvalue weighted by Gasteiger charge is 2.34. The molecule has 22 heavy (non-hydrogen) atoms. The second-order valence-electron chi connectivity index (χ2n) is 4.49. The monoisotopic (exact) mass is 317 g/mol. The van der Waals surface area contributed by atoms with Gasteiger partial charge in [-0.1, -0.05) is 11.2 Å². The van der Waals surface area contributed by atoms with E-state index < -0.39 is 17.6 Å². The summed E-state index contributed by atoms with van der Waals surface area (Å²) in [4.78, 5) is 10.1. The van der Waals surface area contributed by atoms with Crippen molar-refractivity contribution in [2.75, 3.05) is 6.61 Å². The van der Waals surface area contributed by atoms with Crippen molar-refractivity contribution < 1.29 is 31.6 Å². The van der Waals surface area contributed by atoms with Gasteiger partial charge in [-0.3, -0.25) is 4.79 Å². The summed E-state index contributed by atoms with van der Waals surface area (Å²) in [6.45, 7) is 2.02. The van der Waals surface area contributed by atoms with Crippen LogP contribution >= 0.6 is 0 Å². The van der Waals surface area contributed by atoms with Crippen molar-refractivity contribution in [1.82, 2.24) is 5.16 Å². The molecule has 0 radical (unpaired) electrons. The Morgan fingerprint density at radius 3 is 2.68 bits per heavy atom. The van der Waals surface area contributed by atoms with Gasteiger partial charge in [0.2, 0.25) is 0 Å². The van der Waals surface area contributed by atoms with Crippen LogP contribution in [0.25, 0.3) is 11.3 Å². The quantitative estimate of drug-likeness (QED) is 0.481. The zero-order chi connectivity index (χ0) is 16.3. The molecule has 0 spiro atoms. The molecule has 2 aromatic rings. The lowest BCUT2D eigenvalue weighted by Gasteiger charge is -2.08. The lowest BCUT2D eigenvalue weighted by atomic mass is 10.0. The zero-order valence-corrected chi connectivity index (χ0v) is 11.4. The van der Waals surface area contributed by atoms with Crippen molar-refractivity contribution in [3.8, 4) is 11.3 Å². The lowest BCUT2D eigenvalue weighted by molar-refractivity contribution is -0.140. The third-order valence-corrected chi connectivity index (χ3v) is 3.08. The van der Waals surface area contributed by atoms with E-state index in [1.165, 1.54) is 0 Å². The maximum Gasteiger partial charge on any atom is 0.419 e. The van der Waals surface area contributed by atoms with Crippen LogP contribution in [0.3, 0.4) is 0 Å². The summed E-state index contributed by atoms with van der Waals surface area (Å²) in [6, 6.07) is 2.52. The van der Waals surface area contributed by atoms with Crippen LogP contribution in [0.5, 0.6) is 0 Å². The Kier molecular flexibility index (Phi) is 4.48. The molecule has 1 aromatic heterocycles. The molecule has 0 fully saturated rings. The van der Waals surface area contributed by atoms with Gasteiger partial charge in [-0.05, 0) is 19.1 Å². The average molecular weight is 317 g/mol. The molecular weight excluding hydrogens is 306 g/mol. The summed E-state index contributed by atoms with van der Waals surface area (Å²) in [6.07, 6.45) is -4.46. The summed E-state index contributed by atoms with van der Waals surface area (Å²) in [5.41, 5.74) is -0.156. The first kappa shape index (κ1) is 16.0. The summed E-state index contributed by atoms with van der Waals surface area (Å²) < 4.78 is 60.7. The molecule has 0 saturated heterocycles. The molecular formula is C14H11F4NO3. The Labute approximate surface area is 122 Å². The number of nitrogens with zero attached hydrogens (tertiary/aromatic N) is 1. The number of hydrogen-bond donors (Lipinski definition) is 0. The highest BCUT2D eigenvalue weighted by molar-refractivity contribution is 5.62. The minimum absolute atomic E-state index is 0.0949. The lowest BCUT2D eigenvalue weighted by Crippen LogP contribution is -2.07. The van der Waals surface area contributed by atoms with E-state index in [0.717, 1.165) is 12.1 Å². The third-order valence-electron chi connectivity index (χ3n) is 3.08. The Bertz CT molecular complexity index is 679. The number of benzene rings is 1. The number of aromatic nitrogens is 1. The molecule has 1 aromatic carbocycles. The number of halogens is 4. The van der Waals surface area contributed by atoms with Crippen LogP contribution in [-0.2, 0) is 22.1 Å². The van der Waals surface area contributed by atoms with E-state index in [1.807, 2.05) is 0 Å². The Morgan fingerprint density at radius 2 is 2.09 bits per heavy atom. The van der Waals surface area contributed by atoms with Crippen LogP contribution in [0.15, 0.2) is 22.7 Å². The highest BCUT2D eigenvalue weighted by Crippen LogP contribution is 2.34. The normalized spacial score (nSPS) is 11.5. The second kappa shape index (κ2) is 6.17. The van der Waals surface area contributed by atoms with E-state index in [0.29, 0.717) is 23.8 Å². The molecule has 0 aliphatic carbocycles. The van der Waals surface area contributed by atoms with E-state index in [-0.39, 0.29) is 24.4 Å². The van der Waals surface area contributed by atoms with Crippen molar-refractivity contribution in [2.24, 2.45) is 0 Å². The maximum atomic E-state index is 13.6. The van der Waals surface area contributed by atoms with Gasteiger partial charge in [-0.15, -0.1) is 0 Å². The van der Waals surface area contributed by atoms with Crippen LogP contribution in [0.1, 0.15) is 16.8 Å². The minimum Gasteiger partial charge on any atom is -0.467 e. The largest absolute Gasteiger partial charge is 0.467 e. The van der Waals surface area contributed by atoms with Crippen LogP contribution in [0.4, 0.5) is 17.6 Å². The molecule has 4 nitrogen and oxygen atoms in total. The molecule has 0 atom stereocenters. The number of hydrogen-bond acceptors (Lipinski definition) is 4. The van der Waals surface area contributed by atoms with Crippen molar-refractivity contribution >= 4 is 6.47 Å². The molecule has 0 aliphatic heterocycles. The molecule has 0 N–H and O–H groups in total. The molecule has 118 valence electrons. The van der Waals surface area contributed by atoms with Gasteiger partial charge in [0.15, 0.2) is 5.76 Å². The predicted molar refractivity (Wildman–Crippen MR) is 67.4 cm³/mol. The smallest absolute Gasteiger partial charge is 0.419 e. The molecule has 0 saturated carbocycles. The fourth-order valence-electron chi connectivity index (χ4n) is 1.96. The van der Waals surface area contributed by atoms with Crippen molar-refractivity contribution in [3.63, 3.8) is 0 Å². The van der Waals surface area contributed by atoms with Crippen LogP contribution < -0.4 is 0 Å². The first-order chi connectivity index (χ1) is 10.3. The third kappa shape index (κ3) is 3.26. The van der Waals surface area contributed by atoms with Gasteiger partial charge >= 0.3 is 6.18 Å². The number of ether oxygens (including phenoxy) is 1. The zero-order valence-electron chi connectivity index (χ0n) is 11.4. The molecule has 0 bridgehead atoms. The van der Waals surface area contributed by atoms with Gasteiger partial charge < -0.3 is 9.26 Å². The second-order valence-corrected chi connectivity index (χ2v) is 4.49. The van der Waals surface area contributed by atoms with Crippen molar-refractivity contribution in [3.05, 3.63) is 40.8 Å². The average Bonchev–Trinajstić information content (AvgIpc) is 2.79. The highest BCUT2D eigenvalue weighted by atomic mass is 19.4. The molecule has 0 amide bonds. The molecule has 0 aliphatic rings. The predicted octanol–water partition coefficient (Wildman–Crippen LogP) is 3.52. The Balaban J connectivity index is 2.29. The van der Waals surface area contributed by atoms with Gasteiger partial charge in [0, 0.05) is 17.5 Å². The Morgan fingerprint density at radius 1 is 1.36 bits per heavy atom. The number of rotatable bonds is 5. The van der Waals surface area contributed by atoms with Crippen LogP contribution in [0.2, 0.25) is 0 Å².